The molecule has 2 aliphatic rings. The number of hydrogen-bond acceptors (Lipinski definition) is 9. The van der Waals surface area contributed by atoms with Crippen LogP contribution >= 0.6 is 11.6 Å². The predicted molar refractivity (Wildman–Crippen MR) is 122 cm³/mol. The van der Waals surface area contributed by atoms with E-state index in [1.165, 1.54) is 18.2 Å². The minimum absolute atomic E-state index is 0.0832. The molecule has 3 aromatic rings. The van der Waals surface area contributed by atoms with E-state index in [1.807, 2.05) is 0 Å². The van der Waals surface area contributed by atoms with Gasteiger partial charge >= 0.3 is 0 Å². The van der Waals surface area contributed by atoms with Gasteiger partial charge < -0.3 is 15.6 Å². The number of rotatable bonds is 3. The quantitative estimate of drug-likeness (QED) is 0.316. The predicted octanol–water partition coefficient (Wildman–Crippen LogP) is 4.54. The van der Waals surface area contributed by atoms with Gasteiger partial charge in [-0.1, -0.05) is 60.1 Å². The van der Waals surface area contributed by atoms with Crippen molar-refractivity contribution in [3.63, 3.8) is 0 Å². The Kier molecular flexibility index (Phi) is 5.08. The van der Waals surface area contributed by atoms with Crippen molar-refractivity contribution < 1.29 is 24.8 Å². The zero-order chi connectivity index (χ0) is 24.3. The van der Waals surface area contributed by atoms with E-state index in [9.17, 15) is 35.2 Å². The summed E-state index contributed by atoms with van der Waals surface area (Å²) in [6.45, 7) is 0. The fourth-order valence-electron chi connectivity index (χ4n) is 4.56. The number of benzene rings is 3. The fraction of sp³-hybridized carbons (Fsp3) is 0.0417. The van der Waals surface area contributed by atoms with Crippen LogP contribution in [-0.2, 0) is 0 Å². The molecule has 0 amide bonds. The second kappa shape index (κ2) is 7.87. The lowest BCUT2D eigenvalue weighted by Gasteiger charge is -2.39. The normalized spacial score (nSPS) is 16.7. The molecule has 5 rings (SSSR count). The largest absolute Gasteiger partial charge is 0.769 e. The van der Waals surface area contributed by atoms with E-state index in [0.717, 1.165) is 12.1 Å². The summed E-state index contributed by atoms with van der Waals surface area (Å²) in [6, 6.07) is 14.5. The van der Waals surface area contributed by atoms with Crippen LogP contribution in [0.3, 0.4) is 0 Å². The molecule has 34 heavy (non-hydrogen) atoms. The molecular weight excluding hydrogens is 464 g/mol. The molecule has 2 N–H and O–H groups in total. The summed E-state index contributed by atoms with van der Waals surface area (Å²) >= 11 is 6.09. The van der Waals surface area contributed by atoms with Crippen LogP contribution in [0, 0.1) is 10.4 Å². The number of allylic oxidation sites excluding steroid dienone is 2. The van der Waals surface area contributed by atoms with E-state index in [4.69, 9.17) is 11.6 Å². The Balaban J connectivity index is 1.84. The van der Waals surface area contributed by atoms with Crippen molar-refractivity contribution in [3.05, 3.63) is 109 Å². The van der Waals surface area contributed by atoms with E-state index < -0.39 is 39.9 Å². The Morgan fingerprint density at radius 3 is 1.82 bits per heavy atom. The van der Waals surface area contributed by atoms with Crippen molar-refractivity contribution in [2.45, 2.75) is 5.92 Å². The lowest BCUT2D eigenvalue weighted by Crippen LogP contribution is -2.19. The highest BCUT2D eigenvalue weighted by Gasteiger charge is 2.45. The molecule has 0 fully saturated rings. The average molecular weight is 477 g/mol. The van der Waals surface area contributed by atoms with Gasteiger partial charge in [-0.25, -0.2) is 0 Å². The number of anilines is 2. The molecule has 0 heterocycles. The second-order valence-corrected chi connectivity index (χ2v) is 8.15. The van der Waals surface area contributed by atoms with Crippen LogP contribution in [0.2, 0.25) is 5.02 Å². The average Bonchev–Trinajstić information content (AvgIpc) is 3.23. The molecule has 0 spiro atoms. The molecule has 1 atom stereocenters. The Labute approximate surface area is 196 Å². The van der Waals surface area contributed by atoms with Gasteiger partial charge in [-0.3, -0.25) is 24.8 Å². The van der Waals surface area contributed by atoms with Crippen molar-refractivity contribution in [1.29, 1.82) is 0 Å². The lowest BCUT2D eigenvalue weighted by atomic mass is 9.85. The standard InChI is InChI=1S/C24H13ClN2O7/c25-16-9-15(17(26(31)32)10-18(16)27(33)34)20-19(11-5-1-2-6-12(11)22(20)28)21-23(29)13-7-3-4-8-14(13)24(21)30/h1-10,20,31-32H/q-2. The van der Waals surface area contributed by atoms with E-state index >= 15 is 0 Å². The van der Waals surface area contributed by atoms with E-state index in [0.29, 0.717) is 5.56 Å². The Morgan fingerprint density at radius 1 is 0.765 bits per heavy atom. The summed E-state index contributed by atoms with van der Waals surface area (Å²) in [5.41, 5.74) is -0.411. The van der Waals surface area contributed by atoms with Crippen molar-refractivity contribution in [2.24, 2.45) is 0 Å². The van der Waals surface area contributed by atoms with E-state index in [-0.39, 0.29) is 43.6 Å². The topological polar surface area (TPSA) is 144 Å². The molecule has 9 nitrogen and oxygen atoms in total. The van der Waals surface area contributed by atoms with Gasteiger partial charge in [-0.05, 0) is 28.8 Å². The van der Waals surface area contributed by atoms with Crippen molar-refractivity contribution in [1.82, 2.24) is 0 Å². The summed E-state index contributed by atoms with van der Waals surface area (Å²) in [7, 11) is 0. The minimum atomic E-state index is -1.34. The summed E-state index contributed by atoms with van der Waals surface area (Å²) in [6.07, 6.45) is 0. The summed E-state index contributed by atoms with van der Waals surface area (Å²) in [5, 5.41) is 40.8. The van der Waals surface area contributed by atoms with Crippen LogP contribution in [0.1, 0.15) is 48.1 Å². The highest BCUT2D eigenvalue weighted by Crippen LogP contribution is 2.50. The number of ketones is 3. The zero-order valence-electron chi connectivity index (χ0n) is 17.1. The van der Waals surface area contributed by atoms with Crippen LogP contribution < -0.4 is 10.5 Å². The summed E-state index contributed by atoms with van der Waals surface area (Å²) in [5.74, 6) is -3.00. The molecule has 170 valence electrons. The van der Waals surface area contributed by atoms with Crippen molar-refractivity contribution in [2.75, 3.05) is 10.5 Å². The SMILES string of the molecule is O=C1C(=C2c3ccccc3C(=O)C2c2cc(Cl)c(N([O-])[O-])cc2N(O)O)C(=O)c2ccccc21. The molecule has 0 aromatic heterocycles. The van der Waals surface area contributed by atoms with Crippen LogP contribution in [0.5, 0.6) is 0 Å². The van der Waals surface area contributed by atoms with Gasteiger partial charge in [-0.2, -0.15) is 0 Å². The Hall–Kier alpha value is -3.86. The highest BCUT2D eigenvalue weighted by molar-refractivity contribution is 6.44. The molecule has 0 saturated carbocycles. The molecule has 0 radical (unpaired) electrons. The van der Waals surface area contributed by atoms with Gasteiger partial charge in [0.25, 0.3) is 0 Å². The maximum absolute atomic E-state index is 13.5. The number of carbonyl (C=O) groups is 3. The second-order valence-electron chi connectivity index (χ2n) is 7.74. The highest BCUT2D eigenvalue weighted by atomic mass is 35.5. The monoisotopic (exact) mass is 476 g/mol. The van der Waals surface area contributed by atoms with Crippen molar-refractivity contribution in [3.8, 4) is 0 Å². The molecule has 0 aliphatic heterocycles. The van der Waals surface area contributed by atoms with Crippen LogP contribution in [0.25, 0.3) is 5.57 Å². The van der Waals surface area contributed by atoms with Gasteiger partial charge in [0, 0.05) is 22.4 Å². The number of halogens is 1. The molecule has 1 unspecified atom stereocenters. The van der Waals surface area contributed by atoms with Gasteiger partial charge in [0.15, 0.2) is 17.3 Å². The first kappa shape index (κ1) is 22.0. The maximum atomic E-state index is 13.5. The number of nitrogens with zero attached hydrogens (tertiary/aromatic N) is 2. The first-order valence-corrected chi connectivity index (χ1v) is 10.3. The third-order valence-corrected chi connectivity index (χ3v) is 6.30. The molecular formula is C24H13ClN2O7-2. The zero-order valence-corrected chi connectivity index (χ0v) is 17.8. The molecule has 10 heteroatoms. The summed E-state index contributed by atoms with van der Waals surface area (Å²) in [4.78, 5) is 40.1. The number of hydrogen-bond donors (Lipinski definition) is 2. The Morgan fingerprint density at radius 2 is 1.29 bits per heavy atom. The van der Waals surface area contributed by atoms with Crippen LogP contribution in [0.15, 0.2) is 66.2 Å². The van der Waals surface area contributed by atoms with Gasteiger partial charge in [0.05, 0.1) is 16.5 Å². The van der Waals surface area contributed by atoms with Gasteiger partial charge in [0.1, 0.15) is 5.69 Å². The fourth-order valence-corrected chi connectivity index (χ4v) is 4.80. The number of carbonyl (C=O) groups excluding carboxylic acids is 3. The first-order chi connectivity index (χ1) is 16.2. The van der Waals surface area contributed by atoms with Crippen LogP contribution in [-0.4, -0.2) is 27.8 Å². The molecule has 3 aromatic carbocycles. The van der Waals surface area contributed by atoms with Crippen LogP contribution in [0.4, 0.5) is 11.4 Å². The van der Waals surface area contributed by atoms with E-state index in [2.05, 4.69) is 0 Å². The first-order valence-electron chi connectivity index (χ1n) is 9.94. The smallest absolute Gasteiger partial charge is 0.198 e. The summed E-state index contributed by atoms with van der Waals surface area (Å²) < 4.78 is 0. The molecule has 0 saturated heterocycles. The van der Waals surface area contributed by atoms with Crippen molar-refractivity contribution >= 4 is 45.9 Å². The van der Waals surface area contributed by atoms with Gasteiger partial charge in [-0.15, -0.1) is 5.23 Å². The van der Waals surface area contributed by atoms with E-state index in [1.54, 1.807) is 30.3 Å². The maximum Gasteiger partial charge on any atom is 0.198 e. The third-order valence-electron chi connectivity index (χ3n) is 5.99. The third kappa shape index (κ3) is 3.07. The minimum Gasteiger partial charge on any atom is -0.769 e. The lowest BCUT2D eigenvalue weighted by molar-refractivity contribution is 0.0287. The van der Waals surface area contributed by atoms with Gasteiger partial charge in [0.2, 0.25) is 0 Å². The molecule has 0 bridgehead atoms. The number of fused-ring (bicyclic) bond motifs is 2. The molecule has 2 aliphatic carbocycles. The Bertz CT molecular complexity index is 1410. The number of Topliss-reactive ketones (excluding diaryl/α,β-unsaturated/α-hetero) is 3.